The van der Waals surface area contributed by atoms with Crippen molar-refractivity contribution in [2.75, 3.05) is 0 Å². The zero-order valence-corrected chi connectivity index (χ0v) is 11.1. The Morgan fingerprint density at radius 2 is 1.81 bits per heavy atom. The van der Waals surface area contributed by atoms with Crippen LogP contribution < -0.4 is 0 Å². The number of rotatable bonds is 4. The fourth-order valence-corrected chi connectivity index (χ4v) is 1.81. The van der Waals surface area contributed by atoms with E-state index in [1.807, 2.05) is 0 Å². The Morgan fingerprint density at radius 1 is 1.24 bits per heavy atom. The molecule has 0 saturated heterocycles. The molecule has 2 rings (SSSR count). The number of carbonyl (C=O) groups is 1. The molecule has 0 fully saturated rings. The Labute approximate surface area is 117 Å². The van der Waals surface area contributed by atoms with E-state index in [0.29, 0.717) is 12.1 Å². The first kappa shape index (κ1) is 14.9. The predicted molar refractivity (Wildman–Crippen MR) is 64.6 cm³/mol. The molecule has 0 amide bonds. The molecule has 1 N–H and O–H groups in total. The highest BCUT2D eigenvalue weighted by Gasteiger charge is 2.27. The van der Waals surface area contributed by atoms with Crippen molar-refractivity contribution in [1.82, 2.24) is 20.2 Å². The van der Waals surface area contributed by atoms with Crippen LogP contribution in [0.25, 0.3) is 11.4 Å². The van der Waals surface area contributed by atoms with Crippen molar-refractivity contribution in [3.63, 3.8) is 0 Å². The molecule has 21 heavy (non-hydrogen) atoms. The lowest BCUT2D eigenvalue weighted by Gasteiger charge is -2.17. The van der Waals surface area contributed by atoms with Gasteiger partial charge in [0.1, 0.15) is 17.5 Å². The van der Waals surface area contributed by atoms with Gasteiger partial charge < -0.3 is 5.11 Å². The van der Waals surface area contributed by atoms with Gasteiger partial charge in [-0.05, 0) is 24.3 Å². The molecule has 0 aliphatic heterocycles. The summed E-state index contributed by atoms with van der Waals surface area (Å²) in [5, 5.41) is 19.4. The summed E-state index contributed by atoms with van der Waals surface area (Å²) in [5.74, 6) is -5.70. The Balaban J connectivity index is 2.54. The highest BCUT2D eigenvalue weighted by atomic mass is 19.1. The second-order valence-corrected chi connectivity index (χ2v) is 4.56. The van der Waals surface area contributed by atoms with Crippen LogP contribution in [0, 0.1) is 23.4 Å². The van der Waals surface area contributed by atoms with Gasteiger partial charge in [-0.1, -0.05) is 0 Å². The number of tetrazole rings is 1. The molecule has 2 atom stereocenters. The third-order valence-electron chi connectivity index (χ3n) is 3.22. The third-order valence-corrected chi connectivity index (χ3v) is 3.22. The maximum Gasteiger partial charge on any atom is 0.308 e. The molecule has 0 spiro atoms. The van der Waals surface area contributed by atoms with Crippen molar-refractivity contribution in [1.29, 1.82) is 0 Å². The van der Waals surface area contributed by atoms with Gasteiger partial charge in [-0.15, -0.1) is 5.10 Å². The van der Waals surface area contributed by atoms with Gasteiger partial charge in [-0.2, -0.15) is 0 Å². The third kappa shape index (κ3) is 2.71. The van der Waals surface area contributed by atoms with E-state index in [9.17, 15) is 18.0 Å². The summed E-state index contributed by atoms with van der Waals surface area (Å²) in [7, 11) is 0. The number of hydrogen-bond donors (Lipinski definition) is 1. The van der Waals surface area contributed by atoms with Crippen LogP contribution in [0.15, 0.2) is 12.1 Å². The standard InChI is InChI=1S/C12H11F3N4O2/c1-5(12(20)21)6(2)19-11(16-17-18-19)10-8(14)3-7(13)4-9(10)15/h3-6H,1-2H3,(H,20,21). The Kier molecular flexibility index (Phi) is 3.92. The Bertz CT molecular complexity index is 666. The Morgan fingerprint density at radius 3 is 2.33 bits per heavy atom. The topological polar surface area (TPSA) is 80.9 Å². The van der Waals surface area contributed by atoms with Crippen molar-refractivity contribution < 1.29 is 23.1 Å². The normalized spacial score (nSPS) is 14.0. The van der Waals surface area contributed by atoms with Crippen LogP contribution in [0.2, 0.25) is 0 Å². The van der Waals surface area contributed by atoms with Crippen molar-refractivity contribution in [2.24, 2.45) is 5.92 Å². The van der Waals surface area contributed by atoms with Crippen molar-refractivity contribution in [2.45, 2.75) is 19.9 Å². The van der Waals surface area contributed by atoms with Gasteiger partial charge in [0.25, 0.3) is 0 Å². The zero-order chi connectivity index (χ0) is 15.7. The molecule has 0 aliphatic rings. The average molecular weight is 300 g/mol. The minimum Gasteiger partial charge on any atom is -0.481 e. The lowest BCUT2D eigenvalue weighted by molar-refractivity contribution is -0.142. The molecule has 0 aliphatic carbocycles. The van der Waals surface area contributed by atoms with E-state index in [1.54, 1.807) is 0 Å². The van der Waals surface area contributed by atoms with Gasteiger partial charge >= 0.3 is 5.97 Å². The molecule has 1 heterocycles. The van der Waals surface area contributed by atoms with Crippen molar-refractivity contribution in [3.05, 3.63) is 29.6 Å². The molecule has 6 nitrogen and oxygen atoms in total. The number of halogens is 3. The predicted octanol–water partition coefficient (Wildman–Crippen LogP) is 2.04. The minimum absolute atomic E-state index is 0.300. The van der Waals surface area contributed by atoms with Crippen LogP contribution in [0.1, 0.15) is 19.9 Å². The number of aliphatic carboxylic acids is 1. The summed E-state index contributed by atoms with van der Waals surface area (Å²) < 4.78 is 41.5. The fraction of sp³-hybridized carbons (Fsp3) is 0.333. The molecule has 0 bridgehead atoms. The highest BCUT2D eigenvalue weighted by molar-refractivity contribution is 5.70. The molecule has 1 aromatic heterocycles. The van der Waals surface area contributed by atoms with Gasteiger partial charge in [-0.25, -0.2) is 17.9 Å². The second kappa shape index (κ2) is 5.51. The summed E-state index contributed by atoms with van der Waals surface area (Å²) >= 11 is 0. The lowest BCUT2D eigenvalue weighted by Crippen LogP contribution is -2.23. The molecule has 0 radical (unpaired) electrons. The van der Waals surface area contributed by atoms with E-state index in [-0.39, 0.29) is 5.82 Å². The summed E-state index contributed by atoms with van der Waals surface area (Å²) in [6, 6.07) is 0.252. The van der Waals surface area contributed by atoms with Crippen LogP contribution in [-0.4, -0.2) is 31.3 Å². The molecule has 2 aromatic rings. The Hall–Kier alpha value is -2.45. The van der Waals surface area contributed by atoms with Crippen LogP contribution in [-0.2, 0) is 4.79 Å². The largest absolute Gasteiger partial charge is 0.481 e. The quantitative estimate of drug-likeness (QED) is 0.934. The number of aromatic nitrogens is 4. The maximum absolute atomic E-state index is 13.8. The lowest BCUT2D eigenvalue weighted by atomic mass is 10.0. The van der Waals surface area contributed by atoms with Gasteiger partial charge in [0, 0.05) is 12.1 Å². The SMILES string of the molecule is CC(C(=O)O)C(C)n1nnnc1-c1c(F)cc(F)cc1F. The van der Waals surface area contributed by atoms with E-state index in [2.05, 4.69) is 15.5 Å². The smallest absolute Gasteiger partial charge is 0.308 e. The minimum atomic E-state index is -1.17. The first-order valence-electron chi connectivity index (χ1n) is 5.98. The first-order chi connectivity index (χ1) is 9.82. The van der Waals surface area contributed by atoms with Crippen molar-refractivity contribution >= 4 is 5.97 Å². The van der Waals surface area contributed by atoms with E-state index >= 15 is 0 Å². The molecular formula is C12H11F3N4O2. The summed E-state index contributed by atoms with van der Waals surface area (Å²) in [4.78, 5) is 11.0. The second-order valence-electron chi connectivity index (χ2n) is 4.56. The van der Waals surface area contributed by atoms with Gasteiger partial charge in [0.2, 0.25) is 0 Å². The number of carboxylic acids is 1. The van der Waals surface area contributed by atoms with E-state index in [1.165, 1.54) is 13.8 Å². The number of benzene rings is 1. The zero-order valence-electron chi connectivity index (χ0n) is 11.1. The number of carboxylic acid groups (broad SMARTS) is 1. The molecular weight excluding hydrogens is 289 g/mol. The molecule has 2 unspecified atom stereocenters. The summed E-state index contributed by atoms with van der Waals surface area (Å²) in [6.45, 7) is 2.91. The van der Waals surface area contributed by atoms with Crippen LogP contribution >= 0.6 is 0 Å². The van der Waals surface area contributed by atoms with Gasteiger partial charge in [0.05, 0.1) is 17.5 Å². The molecule has 9 heteroatoms. The van der Waals surface area contributed by atoms with E-state index in [4.69, 9.17) is 5.11 Å². The van der Waals surface area contributed by atoms with Crippen LogP contribution in [0.3, 0.4) is 0 Å². The monoisotopic (exact) mass is 300 g/mol. The van der Waals surface area contributed by atoms with E-state index in [0.717, 1.165) is 4.68 Å². The number of nitrogens with zero attached hydrogens (tertiary/aromatic N) is 4. The number of hydrogen-bond acceptors (Lipinski definition) is 4. The van der Waals surface area contributed by atoms with E-state index < -0.39 is 40.9 Å². The van der Waals surface area contributed by atoms with Crippen molar-refractivity contribution in [3.8, 4) is 11.4 Å². The van der Waals surface area contributed by atoms with Crippen LogP contribution in [0.4, 0.5) is 13.2 Å². The average Bonchev–Trinajstić information content (AvgIpc) is 2.84. The molecule has 112 valence electrons. The summed E-state index contributed by atoms with van der Waals surface area (Å²) in [6.07, 6.45) is 0. The molecule has 0 saturated carbocycles. The van der Waals surface area contributed by atoms with Gasteiger partial charge in [0.15, 0.2) is 5.82 Å². The molecule has 1 aromatic carbocycles. The highest BCUT2D eigenvalue weighted by Crippen LogP contribution is 2.28. The van der Waals surface area contributed by atoms with Gasteiger partial charge in [-0.3, -0.25) is 4.79 Å². The van der Waals surface area contributed by atoms with Crippen LogP contribution in [0.5, 0.6) is 0 Å². The fourth-order valence-electron chi connectivity index (χ4n) is 1.81. The first-order valence-corrected chi connectivity index (χ1v) is 5.98. The maximum atomic E-state index is 13.8. The summed E-state index contributed by atoms with van der Waals surface area (Å²) in [5.41, 5.74) is -0.606.